The van der Waals surface area contributed by atoms with Gasteiger partial charge in [-0.05, 0) is 194 Å². The van der Waals surface area contributed by atoms with Gasteiger partial charge in [-0.1, -0.05) is 122 Å². The second-order valence-corrected chi connectivity index (χ2v) is 26.6. The van der Waals surface area contributed by atoms with Crippen LogP contribution in [-0.4, -0.2) is 70.7 Å². The number of fused-ring (bicyclic) bond motifs is 16. The van der Waals surface area contributed by atoms with Gasteiger partial charge in [0.25, 0.3) is 0 Å². The Bertz CT molecular complexity index is 3790. The van der Waals surface area contributed by atoms with Gasteiger partial charge >= 0.3 is 17.6 Å². The molecule has 12 nitrogen and oxygen atoms in total. The first kappa shape index (κ1) is 57.8. The van der Waals surface area contributed by atoms with E-state index in [1.54, 1.807) is 19.1 Å². The minimum absolute atomic E-state index is 0.000108. The minimum atomic E-state index is -1.40. The number of hydrogen-bond donors (Lipinski definition) is 4. The van der Waals surface area contributed by atoms with Gasteiger partial charge in [-0.2, -0.15) is 0 Å². The second kappa shape index (κ2) is 23.5. The topological polar surface area (TPSA) is 182 Å². The highest BCUT2D eigenvalue weighted by Gasteiger charge is 2.60. The summed E-state index contributed by atoms with van der Waals surface area (Å²) in [6.45, 7) is 1.61. The third kappa shape index (κ3) is 9.79. The molecule has 4 heterocycles. The third-order valence-electron chi connectivity index (χ3n) is 22.5. The molecule has 87 heavy (non-hydrogen) atoms. The molecule has 4 N–H and O–H groups in total. The number of rotatable bonds is 10. The average molecular weight is 1170 g/mol. The summed E-state index contributed by atoms with van der Waals surface area (Å²) in [6.07, 6.45) is 17.5. The number of carbonyl (C=O) groups is 2. The first-order valence-electron chi connectivity index (χ1n) is 32.1. The van der Waals surface area contributed by atoms with Crippen LogP contribution in [-0.2, 0) is 55.1 Å². The summed E-state index contributed by atoms with van der Waals surface area (Å²) in [5.41, 5.74) is 10.9. The smallest absolute Gasteiger partial charge is 0.340 e. The Hall–Kier alpha value is -6.93. The highest BCUT2D eigenvalue weighted by Crippen LogP contribution is 2.62. The highest BCUT2D eigenvalue weighted by atomic mass is 16.6. The highest BCUT2D eigenvalue weighted by molar-refractivity contribution is 5.90. The summed E-state index contributed by atoms with van der Waals surface area (Å²) >= 11 is 0. The monoisotopic (exact) mass is 1170 g/mol. The lowest BCUT2D eigenvalue weighted by atomic mass is 9.46. The first-order chi connectivity index (χ1) is 42.4. The van der Waals surface area contributed by atoms with E-state index in [1.807, 2.05) is 13.0 Å². The molecule has 9 aliphatic rings. The number of ether oxygens (including phenoxy) is 4. The number of aliphatic hydroxyl groups excluding tert-OH is 4. The Labute approximate surface area is 508 Å². The lowest BCUT2D eigenvalue weighted by molar-refractivity contribution is -0.199. The Morgan fingerprint density at radius 1 is 0.747 bits per heavy atom. The van der Waals surface area contributed by atoms with Crippen LogP contribution in [0.15, 0.2) is 142 Å². The van der Waals surface area contributed by atoms with Gasteiger partial charge in [0.1, 0.15) is 23.7 Å². The summed E-state index contributed by atoms with van der Waals surface area (Å²) in [5, 5.41) is 42.3. The zero-order valence-electron chi connectivity index (χ0n) is 50.0. The molecule has 13 atom stereocenters. The van der Waals surface area contributed by atoms with Crippen molar-refractivity contribution in [1.29, 1.82) is 0 Å². The molecule has 13 unspecified atom stereocenters. The van der Waals surface area contributed by atoms with Crippen molar-refractivity contribution in [2.75, 3.05) is 26.6 Å². The summed E-state index contributed by atoms with van der Waals surface area (Å²) in [5.74, 6) is -0.876. The number of aliphatic hydroxyl groups is 4. The largest absolute Gasteiger partial charge is 0.483 e. The molecular formula is C75H80O12. The molecule has 1 spiro atoms. The fourth-order valence-corrected chi connectivity index (χ4v) is 18.4. The van der Waals surface area contributed by atoms with E-state index in [0.29, 0.717) is 54.1 Å². The summed E-state index contributed by atoms with van der Waals surface area (Å²) in [6, 6.07) is 36.7. The number of aryl methyl sites for hydroxylation is 2. The summed E-state index contributed by atoms with van der Waals surface area (Å²) < 4.78 is 33.3. The van der Waals surface area contributed by atoms with Crippen LogP contribution in [0.4, 0.5) is 0 Å². The van der Waals surface area contributed by atoms with Crippen molar-refractivity contribution < 1.29 is 53.4 Å². The van der Waals surface area contributed by atoms with Gasteiger partial charge in [-0.25, -0.2) is 9.59 Å². The van der Waals surface area contributed by atoms with Crippen molar-refractivity contribution in [2.24, 2.45) is 29.6 Å². The van der Waals surface area contributed by atoms with Gasteiger partial charge in [-0.15, -0.1) is 0 Å². The van der Waals surface area contributed by atoms with Crippen molar-refractivity contribution in [3.8, 4) is 5.75 Å². The molecule has 0 radical (unpaired) electrons. The molecule has 12 heteroatoms. The van der Waals surface area contributed by atoms with Crippen LogP contribution in [0.5, 0.6) is 5.75 Å². The van der Waals surface area contributed by atoms with Crippen molar-refractivity contribution in [3.63, 3.8) is 0 Å². The lowest BCUT2D eigenvalue weighted by Crippen LogP contribution is -2.58. The maximum atomic E-state index is 15.9. The Morgan fingerprint density at radius 3 is 2.33 bits per heavy atom. The van der Waals surface area contributed by atoms with E-state index in [0.717, 1.165) is 36.0 Å². The Balaban J connectivity index is 0.908. The molecular weight excluding hydrogens is 1090 g/mol. The molecule has 6 aliphatic carbocycles. The zero-order chi connectivity index (χ0) is 59.7. The van der Waals surface area contributed by atoms with Crippen LogP contribution in [0.1, 0.15) is 181 Å². The minimum Gasteiger partial charge on any atom is -0.483 e. The molecule has 0 amide bonds. The summed E-state index contributed by atoms with van der Waals surface area (Å²) in [4.78, 5) is 46.0. The molecule has 6 aromatic rings. The van der Waals surface area contributed by atoms with E-state index in [1.165, 1.54) is 59.1 Å². The molecule has 2 bridgehead atoms. The fourth-order valence-electron chi connectivity index (χ4n) is 18.4. The van der Waals surface area contributed by atoms with E-state index in [9.17, 15) is 25.2 Å². The predicted octanol–water partition coefficient (Wildman–Crippen LogP) is 12.6. The van der Waals surface area contributed by atoms with Crippen molar-refractivity contribution in [3.05, 3.63) is 210 Å². The van der Waals surface area contributed by atoms with Crippen molar-refractivity contribution in [1.82, 2.24) is 0 Å². The molecule has 3 aliphatic heterocycles. The van der Waals surface area contributed by atoms with Crippen LogP contribution in [0.3, 0.4) is 0 Å². The van der Waals surface area contributed by atoms with Gasteiger partial charge < -0.3 is 43.8 Å². The second-order valence-electron chi connectivity index (χ2n) is 26.6. The number of allylic oxidation sites excluding steroid dienone is 3. The molecule has 2 fully saturated rings. The first-order valence-corrected chi connectivity index (χ1v) is 32.1. The lowest BCUT2D eigenvalue weighted by Gasteiger charge is -2.57. The third-order valence-corrected chi connectivity index (χ3v) is 22.5. The van der Waals surface area contributed by atoms with Gasteiger partial charge in [0.2, 0.25) is 0 Å². The van der Waals surface area contributed by atoms with Gasteiger partial charge in [-0.3, -0.25) is 4.79 Å². The average Bonchev–Trinajstić information content (AvgIpc) is 0.782. The fraction of sp³-hybridized carbons (Fsp3) is 0.453. The van der Waals surface area contributed by atoms with E-state index in [2.05, 4.69) is 109 Å². The molecule has 0 saturated heterocycles. The molecule has 1 aromatic heterocycles. The Kier molecular flexibility index (Phi) is 15.6. The molecule has 452 valence electrons. The van der Waals surface area contributed by atoms with Crippen LogP contribution in [0.2, 0.25) is 0 Å². The van der Waals surface area contributed by atoms with Crippen LogP contribution < -0.4 is 10.4 Å². The van der Waals surface area contributed by atoms with E-state index >= 15 is 9.59 Å². The molecule has 15 rings (SSSR count). The normalized spacial score (nSPS) is 30.6. The van der Waals surface area contributed by atoms with Crippen LogP contribution in [0.25, 0.3) is 17.0 Å². The summed E-state index contributed by atoms with van der Waals surface area (Å²) in [7, 11) is 0. The van der Waals surface area contributed by atoms with E-state index < -0.39 is 54.7 Å². The standard InChI is InChI=1S/C75H80O12/c1-43(39-77)55-28-19-44-17-20-46(21-18-44)56-29-25-48(58-14-8-16-64-59(58)30-27-53-12-7-11-52-26-24-47-10-4-6-15-63(47)75(52,53)64)35-51(56)37-66(80)84-70-68-65(32-31-60-62(40-78)67(73(82)85-69(60)68)50(33-34-76)41-83-42-79)87-74(2,71(70)86-72(55)81)54-36-49-23-22-45-9-3-5-13-57(45)61(49)38-54/h3-6,8-10,13-18,20-23,25,29,31-32,48-54,56,61,70-71,76-79H,7,11-12,19,24,26-28,30,33-42H2,1-2H3. The quantitative estimate of drug-likeness (QED) is 0.0335. The van der Waals surface area contributed by atoms with Gasteiger partial charge in [0, 0.05) is 58.6 Å². The Morgan fingerprint density at radius 2 is 1.53 bits per heavy atom. The maximum Gasteiger partial charge on any atom is 0.340 e. The van der Waals surface area contributed by atoms with Gasteiger partial charge in [0.05, 0.1) is 25.4 Å². The SMILES string of the molecule is CC(CO)=C1CCc2ccc(cc2)C2C=CC(c3cccc4c3CCC3CCCC5CCc6ccccc6C453)CC2CC(=O)OC2c3c(ccc4c(CO)c(C(CCO)COCO)c(=O)oc34)OC(C)(C3CC4C=Cc5ccccc5C4C3)C2OC1=O. The van der Waals surface area contributed by atoms with Crippen molar-refractivity contribution >= 4 is 29.0 Å². The van der Waals surface area contributed by atoms with Crippen LogP contribution in [0, 0.1) is 29.6 Å². The predicted molar refractivity (Wildman–Crippen MR) is 331 cm³/mol. The van der Waals surface area contributed by atoms with Gasteiger partial charge in [0.15, 0.2) is 12.2 Å². The van der Waals surface area contributed by atoms with Crippen molar-refractivity contribution in [2.45, 2.75) is 157 Å². The number of carbonyl (C=O) groups excluding carboxylic acids is 2. The number of esters is 2. The maximum absolute atomic E-state index is 15.9. The van der Waals surface area contributed by atoms with E-state index in [-0.39, 0.29) is 108 Å². The number of hydrogen-bond acceptors (Lipinski definition) is 12. The number of benzene rings is 5. The molecule has 5 aromatic carbocycles. The molecule has 2 saturated carbocycles. The van der Waals surface area contributed by atoms with E-state index in [4.69, 9.17) is 23.4 Å². The zero-order valence-corrected chi connectivity index (χ0v) is 50.0. The van der Waals surface area contributed by atoms with Crippen LogP contribution >= 0.6 is 0 Å².